The van der Waals surface area contributed by atoms with E-state index in [1.807, 2.05) is 6.07 Å². The number of nitrogens with zero attached hydrogens (tertiary/aromatic N) is 2. The van der Waals surface area contributed by atoms with Crippen LogP contribution in [0.5, 0.6) is 11.6 Å². The molecule has 0 atom stereocenters. The molecule has 0 bridgehead atoms. The first kappa shape index (κ1) is 13.9. The van der Waals surface area contributed by atoms with Gasteiger partial charge in [-0.05, 0) is 55.4 Å². The van der Waals surface area contributed by atoms with E-state index < -0.39 is 0 Å². The highest BCUT2D eigenvalue weighted by Crippen LogP contribution is 2.30. The number of anilines is 1. The average molecular weight is 283 g/mol. The molecule has 0 spiro atoms. The Morgan fingerprint density at radius 1 is 1.14 bits per heavy atom. The van der Waals surface area contributed by atoms with Crippen LogP contribution in [0, 0.1) is 0 Å². The number of rotatable bonds is 4. The Bertz CT molecular complexity index is 640. The first-order valence-electron chi connectivity index (χ1n) is 7.67. The average Bonchev–Trinajstić information content (AvgIpc) is 2.51. The number of aromatic nitrogens is 2. The van der Waals surface area contributed by atoms with Gasteiger partial charge >= 0.3 is 0 Å². The van der Waals surface area contributed by atoms with Crippen molar-refractivity contribution in [3.8, 4) is 11.6 Å². The van der Waals surface area contributed by atoms with Crippen LogP contribution in [-0.2, 0) is 19.3 Å². The summed E-state index contributed by atoms with van der Waals surface area (Å²) in [6.45, 7) is 2.11. The predicted molar refractivity (Wildman–Crippen MR) is 83.6 cm³/mol. The number of hydrogen-bond donors (Lipinski definition) is 1. The molecule has 3 rings (SSSR count). The van der Waals surface area contributed by atoms with E-state index >= 15 is 0 Å². The molecule has 4 heteroatoms. The van der Waals surface area contributed by atoms with E-state index in [-0.39, 0.29) is 0 Å². The summed E-state index contributed by atoms with van der Waals surface area (Å²) in [5.74, 6) is 1.94. The fourth-order valence-corrected chi connectivity index (χ4v) is 2.87. The largest absolute Gasteiger partial charge is 0.439 e. The van der Waals surface area contributed by atoms with Crippen molar-refractivity contribution in [3.63, 3.8) is 0 Å². The first-order chi connectivity index (χ1) is 10.3. The number of fused-ring (bicyclic) bond motifs is 1. The van der Waals surface area contributed by atoms with Crippen LogP contribution in [0.1, 0.15) is 42.9 Å². The Hall–Kier alpha value is -2.10. The van der Waals surface area contributed by atoms with Gasteiger partial charge in [0, 0.05) is 0 Å². The Labute approximate surface area is 125 Å². The normalized spacial score (nSPS) is 13.8. The van der Waals surface area contributed by atoms with E-state index in [9.17, 15) is 0 Å². The van der Waals surface area contributed by atoms with Crippen molar-refractivity contribution < 1.29 is 4.74 Å². The third-order valence-electron chi connectivity index (χ3n) is 3.97. The van der Waals surface area contributed by atoms with Gasteiger partial charge in [0.2, 0.25) is 5.88 Å². The third-order valence-corrected chi connectivity index (χ3v) is 3.97. The second kappa shape index (κ2) is 6.12. The maximum absolute atomic E-state index is 5.98. The second-order valence-electron chi connectivity index (χ2n) is 5.53. The highest BCUT2D eigenvalue weighted by atomic mass is 16.5. The van der Waals surface area contributed by atoms with Crippen LogP contribution < -0.4 is 10.5 Å². The minimum absolute atomic E-state index is 0.514. The minimum atomic E-state index is 0.514. The number of nitrogen functional groups attached to an aromatic ring is 1. The zero-order valence-corrected chi connectivity index (χ0v) is 12.4. The van der Waals surface area contributed by atoms with Crippen molar-refractivity contribution in [1.82, 2.24) is 9.97 Å². The fraction of sp³-hybridized carbons (Fsp3) is 0.412. The topological polar surface area (TPSA) is 61.0 Å². The smallest absolute Gasteiger partial charge is 0.227 e. The standard InChI is InChI=1S/C17H21N3O/c1-2-5-15-16(18)19-11-20-17(15)21-14-9-8-12-6-3-4-7-13(12)10-14/h8-11H,2-7H2,1H3,(H2,18,19,20). The summed E-state index contributed by atoms with van der Waals surface area (Å²) in [5, 5.41) is 0. The zero-order chi connectivity index (χ0) is 14.7. The molecular formula is C17H21N3O. The van der Waals surface area contributed by atoms with Gasteiger partial charge in [-0.1, -0.05) is 19.4 Å². The van der Waals surface area contributed by atoms with Crippen LogP contribution in [0.4, 0.5) is 5.82 Å². The lowest BCUT2D eigenvalue weighted by atomic mass is 9.92. The van der Waals surface area contributed by atoms with Crippen molar-refractivity contribution in [2.24, 2.45) is 0 Å². The molecule has 1 aromatic carbocycles. The molecule has 1 aliphatic rings. The van der Waals surface area contributed by atoms with Crippen LogP contribution >= 0.6 is 0 Å². The lowest BCUT2D eigenvalue weighted by Crippen LogP contribution is -2.04. The lowest BCUT2D eigenvalue weighted by molar-refractivity contribution is 0.453. The number of aryl methyl sites for hydroxylation is 2. The molecule has 0 saturated carbocycles. The maximum atomic E-state index is 5.98. The minimum Gasteiger partial charge on any atom is -0.439 e. The van der Waals surface area contributed by atoms with Gasteiger partial charge < -0.3 is 10.5 Å². The molecule has 21 heavy (non-hydrogen) atoms. The Morgan fingerprint density at radius 3 is 2.76 bits per heavy atom. The van der Waals surface area contributed by atoms with Crippen molar-refractivity contribution in [3.05, 3.63) is 41.2 Å². The highest BCUT2D eigenvalue weighted by molar-refractivity contribution is 5.47. The van der Waals surface area contributed by atoms with Gasteiger partial charge in [0.15, 0.2) is 0 Å². The maximum Gasteiger partial charge on any atom is 0.227 e. The summed E-state index contributed by atoms with van der Waals surface area (Å²) in [5.41, 5.74) is 9.69. The van der Waals surface area contributed by atoms with E-state index in [1.165, 1.54) is 36.7 Å². The van der Waals surface area contributed by atoms with E-state index in [0.717, 1.165) is 30.6 Å². The molecule has 0 radical (unpaired) electrons. The van der Waals surface area contributed by atoms with Crippen molar-refractivity contribution in [2.45, 2.75) is 45.4 Å². The monoisotopic (exact) mass is 283 g/mol. The number of hydrogen-bond acceptors (Lipinski definition) is 4. The molecule has 0 aliphatic heterocycles. The number of ether oxygens (including phenoxy) is 1. The summed E-state index contributed by atoms with van der Waals surface area (Å²) in [6, 6.07) is 6.34. The molecule has 2 N–H and O–H groups in total. The Morgan fingerprint density at radius 2 is 1.95 bits per heavy atom. The van der Waals surface area contributed by atoms with Gasteiger partial charge in [-0.25, -0.2) is 9.97 Å². The molecule has 0 fully saturated rings. The van der Waals surface area contributed by atoms with E-state index in [2.05, 4.69) is 29.0 Å². The lowest BCUT2D eigenvalue weighted by Gasteiger charge is -2.17. The van der Waals surface area contributed by atoms with Crippen LogP contribution in [-0.4, -0.2) is 9.97 Å². The summed E-state index contributed by atoms with van der Waals surface area (Å²) in [7, 11) is 0. The number of benzene rings is 1. The number of nitrogens with two attached hydrogens (primary N) is 1. The van der Waals surface area contributed by atoms with Gasteiger partial charge in [-0.15, -0.1) is 0 Å². The molecule has 1 aromatic heterocycles. The summed E-state index contributed by atoms with van der Waals surface area (Å²) < 4.78 is 5.98. The van der Waals surface area contributed by atoms with Crippen LogP contribution in [0.15, 0.2) is 24.5 Å². The van der Waals surface area contributed by atoms with Crippen molar-refractivity contribution >= 4 is 5.82 Å². The van der Waals surface area contributed by atoms with Crippen molar-refractivity contribution in [2.75, 3.05) is 5.73 Å². The highest BCUT2D eigenvalue weighted by Gasteiger charge is 2.13. The molecule has 110 valence electrons. The predicted octanol–water partition coefficient (Wildman–Crippen LogP) is 3.68. The van der Waals surface area contributed by atoms with Gasteiger partial charge in [-0.2, -0.15) is 0 Å². The summed E-state index contributed by atoms with van der Waals surface area (Å²) in [6.07, 6.45) is 8.14. The van der Waals surface area contributed by atoms with E-state index in [0.29, 0.717) is 11.7 Å². The molecule has 0 saturated heterocycles. The van der Waals surface area contributed by atoms with E-state index in [4.69, 9.17) is 10.5 Å². The first-order valence-corrected chi connectivity index (χ1v) is 7.67. The molecule has 0 unspecified atom stereocenters. The second-order valence-corrected chi connectivity index (χ2v) is 5.53. The molecule has 2 aromatic rings. The molecule has 0 amide bonds. The quantitative estimate of drug-likeness (QED) is 0.929. The van der Waals surface area contributed by atoms with Crippen LogP contribution in [0.2, 0.25) is 0 Å². The van der Waals surface area contributed by atoms with E-state index in [1.54, 1.807) is 0 Å². The molecule has 1 aliphatic carbocycles. The van der Waals surface area contributed by atoms with Crippen molar-refractivity contribution in [1.29, 1.82) is 0 Å². The SMILES string of the molecule is CCCc1c(N)ncnc1Oc1ccc2c(c1)CCCC2. The van der Waals surface area contributed by atoms with Gasteiger partial charge in [-0.3, -0.25) is 0 Å². The summed E-state index contributed by atoms with van der Waals surface area (Å²) in [4.78, 5) is 8.31. The van der Waals surface area contributed by atoms with Gasteiger partial charge in [0.05, 0.1) is 5.56 Å². The molecular weight excluding hydrogens is 262 g/mol. The zero-order valence-electron chi connectivity index (χ0n) is 12.4. The Kier molecular flexibility index (Phi) is 4.04. The molecule has 1 heterocycles. The van der Waals surface area contributed by atoms with Gasteiger partial charge in [0.25, 0.3) is 0 Å². The van der Waals surface area contributed by atoms with Gasteiger partial charge in [0.1, 0.15) is 17.9 Å². The van der Waals surface area contributed by atoms with Crippen LogP contribution in [0.25, 0.3) is 0 Å². The van der Waals surface area contributed by atoms with Crippen LogP contribution in [0.3, 0.4) is 0 Å². The molecule has 4 nitrogen and oxygen atoms in total. The summed E-state index contributed by atoms with van der Waals surface area (Å²) >= 11 is 0. The third kappa shape index (κ3) is 2.99. The fourth-order valence-electron chi connectivity index (χ4n) is 2.87. The Balaban J connectivity index is 1.88.